The van der Waals surface area contributed by atoms with Crippen LogP contribution >= 0.6 is 0 Å². The quantitative estimate of drug-likeness (QED) is 0.684. The van der Waals surface area contributed by atoms with E-state index in [2.05, 4.69) is 29.6 Å². The minimum absolute atomic E-state index is 0.0125. The van der Waals surface area contributed by atoms with Crippen LogP contribution in [-0.2, 0) is 14.3 Å². The number of carboxylic acids is 1. The van der Waals surface area contributed by atoms with Crippen LogP contribution in [0, 0.1) is 11.8 Å². The lowest BCUT2D eigenvalue weighted by Crippen LogP contribution is -2.56. The van der Waals surface area contributed by atoms with Gasteiger partial charge in [-0.2, -0.15) is 0 Å². The molecule has 2 bridgehead atoms. The van der Waals surface area contributed by atoms with Gasteiger partial charge in [0.15, 0.2) is 0 Å². The number of rotatable bonds is 6. The molecule has 34 heavy (non-hydrogen) atoms. The molecule has 2 amide bonds. The summed E-state index contributed by atoms with van der Waals surface area (Å²) >= 11 is 0. The fraction of sp³-hybridized carbons (Fsp3) is 0.444. The Morgan fingerprint density at radius 1 is 1.03 bits per heavy atom. The number of nitrogens with zero attached hydrogens (tertiary/aromatic N) is 1. The second-order valence-corrected chi connectivity index (χ2v) is 10.2. The van der Waals surface area contributed by atoms with Crippen molar-refractivity contribution in [3.05, 3.63) is 59.7 Å². The largest absolute Gasteiger partial charge is 0.481 e. The number of hydrogen-bond acceptors (Lipinski definition) is 4. The lowest BCUT2D eigenvalue weighted by molar-refractivity contribution is -0.148. The molecule has 7 heteroatoms. The zero-order chi connectivity index (χ0) is 23.4. The number of carbonyl (C=O) groups is 3. The Kier molecular flexibility index (Phi) is 4.90. The van der Waals surface area contributed by atoms with Crippen molar-refractivity contribution in [2.24, 2.45) is 11.8 Å². The van der Waals surface area contributed by atoms with Crippen LogP contribution in [0.3, 0.4) is 0 Å². The highest BCUT2D eigenvalue weighted by Crippen LogP contribution is 2.48. The summed E-state index contributed by atoms with van der Waals surface area (Å²) in [6, 6.07) is 16.2. The first-order valence-corrected chi connectivity index (χ1v) is 12.1. The number of aliphatic carboxylic acids is 1. The molecule has 176 valence electrons. The summed E-state index contributed by atoms with van der Waals surface area (Å²) in [7, 11) is 0. The summed E-state index contributed by atoms with van der Waals surface area (Å²) in [6.07, 6.45) is 2.88. The second-order valence-electron chi connectivity index (χ2n) is 10.2. The Balaban J connectivity index is 1.09. The smallest absolute Gasteiger partial charge is 0.407 e. The van der Waals surface area contributed by atoms with Gasteiger partial charge < -0.3 is 20.1 Å². The van der Waals surface area contributed by atoms with Crippen molar-refractivity contribution in [3.63, 3.8) is 0 Å². The highest BCUT2D eigenvalue weighted by atomic mass is 16.5. The highest BCUT2D eigenvalue weighted by molar-refractivity contribution is 5.83. The Labute approximate surface area is 198 Å². The van der Waals surface area contributed by atoms with Crippen LogP contribution in [0.1, 0.15) is 49.1 Å². The summed E-state index contributed by atoms with van der Waals surface area (Å²) in [4.78, 5) is 39.0. The third kappa shape index (κ3) is 3.29. The Hall–Kier alpha value is -3.35. The Morgan fingerprint density at radius 2 is 1.68 bits per heavy atom. The summed E-state index contributed by atoms with van der Waals surface area (Å²) in [5, 5.41) is 12.4. The van der Waals surface area contributed by atoms with Crippen LogP contribution < -0.4 is 5.32 Å². The van der Waals surface area contributed by atoms with Gasteiger partial charge in [0.1, 0.15) is 6.61 Å². The molecule has 3 unspecified atom stereocenters. The van der Waals surface area contributed by atoms with Crippen molar-refractivity contribution >= 4 is 18.0 Å². The van der Waals surface area contributed by atoms with Gasteiger partial charge in [-0.3, -0.25) is 9.59 Å². The van der Waals surface area contributed by atoms with Crippen molar-refractivity contribution in [2.75, 3.05) is 13.2 Å². The van der Waals surface area contributed by atoms with Gasteiger partial charge in [0.2, 0.25) is 5.91 Å². The number of ether oxygens (including phenoxy) is 1. The first-order chi connectivity index (χ1) is 16.5. The lowest BCUT2D eigenvalue weighted by atomic mass is 9.73. The van der Waals surface area contributed by atoms with E-state index in [-0.39, 0.29) is 36.8 Å². The molecule has 2 heterocycles. The fourth-order valence-electron chi connectivity index (χ4n) is 6.46. The molecule has 2 aromatic rings. The zero-order valence-corrected chi connectivity index (χ0v) is 18.9. The molecule has 2 N–H and O–H groups in total. The molecule has 2 saturated heterocycles. The van der Waals surface area contributed by atoms with E-state index in [0.717, 1.165) is 36.8 Å². The van der Waals surface area contributed by atoms with E-state index in [0.29, 0.717) is 6.54 Å². The molecule has 3 atom stereocenters. The average Bonchev–Trinajstić information content (AvgIpc) is 3.47. The number of nitrogens with one attached hydrogen (secondary N) is 1. The topological polar surface area (TPSA) is 95.9 Å². The number of amides is 2. The van der Waals surface area contributed by atoms with Crippen LogP contribution in [0.25, 0.3) is 11.1 Å². The van der Waals surface area contributed by atoms with Gasteiger partial charge in [0, 0.05) is 18.5 Å². The van der Waals surface area contributed by atoms with Crippen molar-refractivity contribution in [3.8, 4) is 11.1 Å². The Bertz CT molecular complexity index is 1130. The van der Waals surface area contributed by atoms with E-state index < -0.39 is 23.5 Å². The van der Waals surface area contributed by atoms with E-state index in [1.165, 1.54) is 11.1 Å². The third-order valence-corrected chi connectivity index (χ3v) is 8.41. The molecule has 4 fully saturated rings. The number of hydrogen-bond donors (Lipinski definition) is 2. The Morgan fingerprint density at radius 3 is 2.24 bits per heavy atom. The van der Waals surface area contributed by atoms with Gasteiger partial charge in [0.05, 0.1) is 17.9 Å². The van der Waals surface area contributed by atoms with Crippen LogP contribution in [-0.4, -0.2) is 52.7 Å². The first kappa shape index (κ1) is 21.2. The standard InChI is InChI=1S/C27H28N2O5/c30-23(29-14-16-12-22(29)24(16)25(31)32)13-27(10-5-11-27)28-26(33)34-15-21-19-8-3-1-6-17(19)18-7-2-4-9-20(18)21/h1-4,6-9,16,21-22,24H,5,10-15H2,(H,28,33)(H,31,32). The van der Waals surface area contributed by atoms with Gasteiger partial charge in [-0.15, -0.1) is 0 Å². The monoisotopic (exact) mass is 460 g/mol. The molecule has 2 aliphatic heterocycles. The lowest BCUT2D eigenvalue weighted by Gasteiger charge is -2.43. The van der Waals surface area contributed by atoms with Crippen LogP contribution in [0.4, 0.5) is 4.79 Å². The van der Waals surface area contributed by atoms with Crippen molar-refractivity contribution in [1.82, 2.24) is 10.2 Å². The minimum atomic E-state index is -0.813. The molecule has 3 aliphatic carbocycles. The van der Waals surface area contributed by atoms with Gasteiger partial charge in [-0.05, 0) is 53.9 Å². The van der Waals surface area contributed by atoms with Crippen LogP contribution in [0.15, 0.2) is 48.5 Å². The number of benzene rings is 2. The molecule has 2 aromatic carbocycles. The molecule has 2 saturated carbocycles. The maximum atomic E-state index is 13.0. The number of fused-ring (bicyclic) bond motifs is 4. The van der Waals surface area contributed by atoms with Gasteiger partial charge >= 0.3 is 12.1 Å². The molecule has 7 nitrogen and oxygen atoms in total. The van der Waals surface area contributed by atoms with E-state index in [1.807, 2.05) is 24.3 Å². The van der Waals surface area contributed by atoms with E-state index in [1.54, 1.807) is 4.90 Å². The predicted molar refractivity (Wildman–Crippen MR) is 124 cm³/mol. The maximum Gasteiger partial charge on any atom is 0.407 e. The van der Waals surface area contributed by atoms with Gasteiger partial charge in [0.25, 0.3) is 0 Å². The summed E-state index contributed by atoms with van der Waals surface area (Å²) in [6.45, 7) is 0.752. The first-order valence-electron chi connectivity index (χ1n) is 12.1. The summed E-state index contributed by atoms with van der Waals surface area (Å²) in [5.41, 5.74) is 4.08. The summed E-state index contributed by atoms with van der Waals surface area (Å²) in [5.74, 6) is -1.25. The normalized spacial score (nSPS) is 25.5. The number of alkyl carbamates (subject to hydrolysis) is 1. The number of carboxylic acid groups (broad SMARTS) is 1. The predicted octanol–water partition coefficient (Wildman–Crippen LogP) is 3.77. The maximum absolute atomic E-state index is 13.0. The molecule has 7 rings (SSSR count). The van der Waals surface area contributed by atoms with E-state index in [4.69, 9.17) is 4.74 Å². The van der Waals surface area contributed by atoms with E-state index >= 15 is 0 Å². The third-order valence-electron chi connectivity index (χ3n) is 8.41. The SMILES string of the molecule is O=C(NC1(CC(=O)N2CC3CC2C3C(=O)O)CCC1)OCC1c2ccccc2-c2ccccc21. The zero-order valence-electron chi connectivity index (χ0n) is 18.9. The van der Waals surface area contributed by atoms with Crippen molar-refractivity contribution < 1.29 is 24.2 Å². The molecule has 0 radical (unpaired) electrons. The average molecular weight is 461 g/mol. The minimum Gasteiger partial charge on any atom is -0.481 e. The van der Waals surface area contributed by atoms with Crippen LogP contribution in [0.5, 0.6) is 0 Å². The second kappa shape index (κ2) is 7.86. The fourth-order valence-corrected chi connectivity index (χ4v) is 6.46. The van der Waals surface area contributed by atoms with Gasteiger partial charge in [-0.25, -0.2) is 4.79 Å². The molecule has 0 aromatic heterocycles. The molecule has 0 spiro atoms. The van der Waals surface area contributed by atoms with Crippen molar-refractivity contribution in [2.45, 2.75) is 49.6 Å². The molecular formula is C27H28N2O5. The van der Waals surface area contributed by atoms with Crippen LogP contribution in [0.2, 0.25) is 0 Å². The van der Waals surface area contributed by atoms with E-state index in [9.17, 15) is 19.5 Å². The van der Waals surface area contributed by atoms with Gasteiger partial charge in [-0.1, -0.05) is 48.5 Å². The highest BCUT2D eigenvalue weighted by Gasteiger charge is 2.57. The summed E-state index contributed by atoms with van der Waals surface area (Å²) < 4.78 is 5.70. The number of carbonyl (C=O) groups excluding carboxylic acids is 2. The molecular weight excluding hydrogens is 432 g/mol. The molecule has 5 aliphatic rings. The van der Waals surface area contributed by atoms with Crippen molar-refractivity contribution in [1.29, 1.82) is 0 Å².